The summed E-state index contributed by atoms with van der Waals surface area (Å²) in [5.41, 5.74) is 13.4. The zero-order valence-corrected chi connectivity index (χ0v) is 20.2. The van der Waals surface area contributed by atoms with Crippen LogP contribution in [0.15, 0.2) is 35.4 Å². The Balaban J connectivity index is 1.19. The van der Waals surface area contributed by atoms with Crippen LogP contribution in [0, 0.1) is 0 Å². The molecule has 0 bridgehead atoms. The molecular formula is C31H34N2O. The predicted molar refractivity (Wildman–Crippen MR) is 141 cm³/mol. The fourth-order valence-electron chi connectivity index (χ4n) is 7.21. The number of anilines is 2. The molecule has 0 amide bonds. The number of aryl methyl sites for hydroxylation is 4. The van der Waals surface area contributed by atoms with E-state index in [2.05, 4.69) is 46.2 Å². The van der Waals surface area contributed by atoms with Crippen LogP contribution >= 0.6 is 0 Å². The standard InChI is InChI=1S/C31H34N2O/c34-31-27(19-21-15-23-5-1-11-32-12-2-6-24(16-21)29(23)32)9-10-28(31)20-22-17-25-7-3-13-33-14-4-8-26(18-22)30(25)33/h15-20H,1-14H2/b27-19-,28-20+. The summed E-state index contributed by atoms with van der Waals surface area (Å²) in [6.07, 6.45) is 15.8. The van der Waals surface area contributed by atoms with Gasteiger partial charge in [-0.3, -0.25) is 4.79 Å². The zero-order chi connectivity index (χ0) is 22.6. The average Bonchev–Trinajstić information content (AvgIpc) is 3.18. The van der Waals surface area contributed by atoms with E-state index in [0.29, 0.717) is 0 Å². The van der Waals surface area contributed by atoms with Gasteiger partial charge in [-0.05, 0) is 134 Å². The minimum Gasteiger partial charge on any atom is -0.371 e. The summed E-state index contributed by atoms with van der Waals surface area (Å²) < 4.78 is 0. The summed E-state index contributed by atoms with van der Waals surface area (Å²) in [6, 6.07) is 9.44. The summed E-state index contributed by atoms with van der Waals surface area (Å²) in [4.78, 5) is 18.5. The fourth-order valence-corrected chi connectivity index (χ4v) is 7.21. The van der Waals surface area contributed by atoms with E-state index < -0.39 is 0 Å². The molecule has 3 nitrogen and oxygen atoms in total. The minimum atomic E-state index is 0.265. The Labute approximate surface area is 203 Å². The van der Waals surface area contributed by atoms with Crippen LogP contribution < -0.4 is 9.80 Å². The quantitative estimate of drug-likeness (QED) is 0.531. The monoisotopic (exact) mass is 450 g/mol. The van der Waals surface area contributed by atoms with Crippen LogP contribution in [0.25, 0.3) is 12.2 Å². The number of hydrogen-bond donors (Lipinski definition) is 0. The van der Waals surface area contributed by atoms with E-state index >= 15 is 0 Å². The zero-order valence-electron chi connectivity index (χ0n) is 20.2. The fraction of sp³-hybridized carbons (Fsp3) is 0.452. The van der Waals surface area contributed by atoms with Crippen LogP contribution in [0.5, 0.6) is 0 Å². The lowest BCUT2D eigenvalue weighted by Crippen LogP contribution is -2.34. The van der Waals surface area contributed by atoms with Crippen molar-refractivity contribution in [1.29, 1.82) is 0 Å². The molecule has 0 radical (unpaired) electrons. The molecule has 7 rings (SSSR count). The van der Waals surface area contributed by atoms with E-state index in [1.165, 1.54) is 122 Å². The molecule has 3 heteroatoms. The van der Waals surface area contributed by atoms with Gasteiger partial charge in [0.25, 0.3) is 0 Å². The Morgan fingerprint density at radius 3 is 1.24 bits per heavy atom. The van der Waals surface area contributed by atoms with Crippen molar-refractivity contribution in [2.24, 2.45) is 0 Å². The highest BCUT2D eigenvalue weighted by Gasteiger charge is 2.27. The molecule has 34 heavy (non-hydrogen) atoms. The molecule has 0 aromatic heterocycles. The van der Waals surface area contributed by atoms with Gasteiger partial charge in [0.2, 0.25) is 0 Å². The summed E-state index contributed by atoms with van der Waals surface area (Å²) in [5.74, 6) is 0.265. The van der Waals surface area contributed by atoms with Crippen LogP contribution in [0.1, 0.15) is 71.9 Å². The van der Waals surface area contributed by atoms with Gasteiger partial charge in [-0.2, -0.15) is 0 Å². The first-order valence-electron chi connectivity index (χ1n) is 13.5. The van der Waals surface area contributed by atoms with Gasteiger partial charge in [0.15, 0.2) is 5.78 Å². The van der Waals surface area contributed by atoms with Crippen molar-refractivity contribution < 1.29 is 4.79 Å². The van der Waals surface area contributed by atoms with E-state index in [1.54, 1.807) is 0 Å². The predicted octanol–water partition coefficient (Wildman–Crippen LogP) is 5.91. The number of nitrogens with zero attached hydrogens (tertiary/aromatic N) is 2. The molecule has 1 aliphatic carbocycles. The molecule has 0 atom stereocenters. The highest BCUT2D eigenvalue weighted by molar-refractivity contribution is 6.15. The molecule has 1 fully saturated rings. The SMILES string of the molecule is O=C1/C(=C\c2cc3c4c(c2)CCCN4CCC3)CC/C1=C\c1cc2c3c(c1)CCCN3CCC2. The van der Waals surface area contributed by atoms with Crippen LogP contribution in [0.2, 0.25) is 0 Å². The summed E-state index contributed by atoms with van der Waals surface area (Å²) in [6.45, 7) is 4.82. The second kappa shape index (κ2) is 8.15. The van der Waals surface area contributed by atoms with Crippen LogP contribution in [-0.2, 0) is 30.5 Å². The third kappa shape index (κ3) is 3.43. The molecule has 1 saturated carbocycles. The van der Waals surface area contributed by atoms with E-state index in [9.17, 15) is 4.79 Å². The highest BCUT2D eigenvalue weighted by Crippen LogP contribution is 2.39. The highest BCUT2D eigenvalue weighted by atomic mass is 16.1. The Hall–Kier alpha value is -2.81. The van der Waals surface area contributed by atoms with E-state index in [4.69, 9.17) is 0 Å². The lowest BCUT2D eigenvalue weighted by atomic mass is 9.89. The molecule has 0 N–H and O–H groups in total. The summed E-state index contributed by atoms with van der Waals surface area (Å²) >= 11 is 0. The second-order valence-electron chi connectivity index (χ2n) is 10.9. The van der Waals surface area contributed by atoms with Gasteiger partial charge in [-0.1, -0.05) is 0 Å². The van der Waals surface area contributed by atoms with Crippen molar-refractivity contribution in [3.63, 3.8) is 0 Å². The smallest absolute Gasteiger partial charge is 0.185 e. The van der Waals surface area contributed by atoms with Gasteiger partial charge in [0, 0.05) is 48.7 Å². The average molecular weight is 451 g/mol. The molecule has 174 valence electrons. The van der Waals surface area contributed by atoms with Crippen molar-refractivity contribution in [3.05, 3.63) is 68.8 Å². The normalized spacial score (nSPS) is 23.5. The molecule has 0 spiro atoms. The number of hydrogen-bond acceptors (Lipinski definition) is 3. The molecule has 2 aromatic rings. The van der Waals surface area contributed by atoms with Gasteiger partial charge in [0.05, 0.1) is 0 Å². The molecule has 5 aliphatic rings. The topological polar surface area (TPSA) is 23.6 Å². The van der Waals surface area contributed by atoms with Crippen LogP contribution in [0.3, 0.4) is 0 Å². The van der Waals surface area contributed by atoms with E-state index in [-0.39, 0.29) is 5.78 Å². The number of carbonyl (C=O) groups excluding carboxylic acids is 1. The number of allylic oxidation sites excluding steroid dienone is 2. The maximum absolute atomic E-state index is 13.4. The number of benzene rings is 2. The van der Waals surface area contributed by atoms with E-state index in [0.717, 1.165) is 24.0 Å². The second-order valence-corrected chi connectivity index (χ2v) is 10.9. The Bertz CT molecular complexity index is 1090. The maximum Gasteiger partial charge on any atom is 0.185 e. The molecule has 0 unspecified atom stereocenters. The van der Waals surface area contributed by atoms with Gasteiger partial charge >= 0.3 is 0 Å². The third-order valence-electron chi connectivity index (χ3n) is 8.64. The van der Waals surface area contributed by atoms with Crippen molar-refractivity contribution in [1.82, 2.24) is 0 Å². The largest absolute Gasteiger partial charge is 0.371 e. The maximum atomic E-state index is 13.4. The van der Waals surface area contributed by atoms with E-state index in [1.807, 2.05) is 0 Å². The Kier molecular flexibility index (Phi) is 4.93. The molecule has 0 saturated heterocycles. The van der Waals surface area contributed by atoms with Crippen molar-refractivity contribution >= 4 is 29.3 Å². The third-order valence-corrected chi connectivity index (χ3v) is 8.64. The van der Waals surface area contributed by atoms with Gasteiger partial charge < -0.3 is 9.80 Å². The number of rotatable bonds is 2. The summed E-state index contributed by atoms with van der Waals surface area (Å²) in [5, 5.41) is 0. The van der Waals surface area contributed by atoms with Crippen molar-refractivity contribution in [2.75, 3.05) is 36.0 Å². The molecule has 2 aromatic carbocycles. The van der Waals surface area contributed by atoms with Gasteiger partial charge in [-0.15, -0.1) is 0 Å². The first-order valence-corrected chi connectivity index (χ1v) is 13.5. The van der Waals surface area contributed by atoms with Crippen LogP contribution in [-0.4, -0.2) is 32.0 Å². The van der Waals surface area contributed by atoms with Gasteiger partial charge in [0.1, 0.15) is 0 Å². The number of ketones is 1. The summed E-state index contributed by atoms with van der Waals surface area (Å²) in [7, 11) is 0. The molecular weight excluding hydrogens is 416 g/mol. The minimum absolute atomic E-state index is 0.265. The number of carbonyl (C=O) groups is 1. The molecule has 4 heterocycles. The number of Topliss-reactive ketones (excluding diaryl/α,β-unsaturated/α-hetero) is 1. The van der Waals surface area contributed by atoms with Gasteiger partial charge in [-0.25, -0.2) is 0 Å². The van der Waals surface area contributed by atoms with Crippen molar-refractivity contribution in [2.45, 2.75) is 64.2 Å². The van der Waals surface area contributed by atoms with Crippen molar-refractivity contribution in [3.8, 4) is 0 Å². The Morgan fingerprint density at radius 2 is 0.882 bits per heavy atom. The first kappa shape index (κ1) is 20.6. The van der Waals surface area contributed by atoms with Crippen LogP contribution in [0.4, 0.5) is 11.4 Å². The lowest BCUT2D eigenvalue weighted by molar-refractivity contribution is -0.111. The lowest BCUT2D eigenvalue weighted by Gasteiger charge is -2.37. The molecule has 4 aliphatic heterocycles. The first-order chi connectivity index (χ1) is 16.7. The Morgan fingerprint density at radius 1 is 0.529 bits per heavy atom.